The number of primary amides is 1. The first-order chi connectivity index (χ1) is 13.3. The first-order valence-corrected chi connectivity index (χ1v) is 9.64. The number of carbonyl (C=O) groups excluding carboxylic acids is 2. The number of carbonyl (C=O) groups is 2. The fourth-order valence-electron chi connectivity index (χ4n) is 2.44. The van der Waals surface area contributed by atoms with Crippen molar-refractivity contribution in [1.82, 2.24) is 9.88 Å². The van der Waals surface area contributed by atoms with Crippen molar-refractivity contribution in [3.8, 4) is 11.1 Å². The van der Waals surface area contributed by atoms with Gasteiger partial charge in [-0.2, -0.15) is 0 Å². The highest BCUT2D eigenvalue weighted by Gasteiger charge is 2.15. The summed E-state index contributed by atoms with van der Waals surface area (Å²) in [6, 6.07) is 13.3. The van der Waals surface area contributed by atoms with Crippen molar-refractivity contribution in [2.45, 2.75) is 33.6 Å². The maximum absolute atomic E-state index is 10.8. The molecule has 1 aromatic carbocycles. The van der Waals surface area contributed by atoms with Gasteiger partial charge in [0.05, 0.1) is 6.54 Å². The van der Waals surface area contributed by atoms with E-state index in [9.17, 15) is 9.59 Å². The van der Waals surface area contributed by atoms with Crippen LogP contribution in [-0.4, -0.2) is 41.3 Å². The van der Waals surface area contributed by atoms with E-state index in [-0.39, 0.29) is 18.1 Å². The van der Waals surface area contributed by atoms with Crippen LogP contribution < -0.4 is 11.5 Å². The van der Waals surface area contributed by atoms with E-state index < -0.39 is 5.91 Å². The van der Waals surface area contributed by atoms with Gasteiger partial charge in [0, 0.05) is 24.8 Å². The Kier molecular flexibility index (Phi) is 10.5. The predicted molar refractivity (Wildman–Crippen MR) is 114 cm³/mol. The highest BCUT2D eigenvalue weighted by Crippen LogP contribution is 2.17. The summed E-state index contributed by atoms with van der Waals surface area (Å²) in [6.07, 6.45) is 3.94. The van der Waals surface area contributed by atoms with Gasteiger partial charge in [0.15, 0.2) is 0 Å². The molecule has 152 valence electrons. The Morgan fingerprint density at radius 3 is 2.00 bits per heavy atom. The number of amides is 2. The molecular formula is C22H32N4O2. The number of rotatable bonds is 3. The number of hydrogen-bond donors (Lipinski definition) is 2. The van der Waals surface area contributed by atoms with Crippen LogP contribution in [0.2, 0.25) is 0 Å². The van der Waals surface area contributed by atoms with Gasteiger partial charge in [0.2, 0.25) is 5.91 Å². The fourth-order valence-corrected chi connectivity index (χ4v) is 2.44. The molecule has 2 amide bonds. The summed E-state index contributed by atoms with van der Waals surface area (Å²) < 4.78 is 0. The zero-order chi connectivity index (χ0) is 20.9. The van der Waals surface area contributed by atoms with Gasteiger partial charge in [0.1, 0.15) is 5.69 Å². The minimum Gasteiger partial charge on any atom is -0.364 e. The largest absolute Gasteiger partial charge is 0.364 e. The fraction of sp³-hybridized carbons (Fsp3) is 0.409. The molecule has 1 saturated heterocycles. The van der Waals surface area contributed by atoms with Gasteiger partial charge in [0.25, 0.3) is 5.91 Å². The second-order valence-corrected chi connectivity index (χ2v) is 7.19. The number of aromatic nitrogens is 1. The Morgan fingerprint density at radius 2 is 1.57 bits per heavy atom. The lowest BCUT2D eigenvalue weighted by molar-refractivity contribution is -0.128. The molecule has 1 aromatic heterocycles. The normalized spacial score (nSPS) is 12.5. The van der Waals surface area contributed by atoms with Crippen LogP contribution in [-0.2, 0) is 4.79 Å². The van der Waals surface area contributed by atoms with E-state index in [0.29, 0.717) is 0 Å². The van der Waals surface area contributed by atoms with Crippen LogP contribution in [0.15, 0.2) is 48.7 Å². The smallest absolute Gasteiger partial charge is 0.267 e. The Bertz CT molecular complexity index is 706. The maximum Gasteiger partial charge on any atom is 0.267 e. The monoisotopic (exact) mass is 384 g/mol. The molecule has 0 bridgehead atoms. The van der Waals surface area contributed by atoms with Crippen molar-refractivity contribution in [1.29, 1.82) is 0 Å². The molecule has 0 radical (unpaired) electrons. The van der Waals surface area contributed by atoms with E-state index in [4.69, 9.17) is 11.5 Å². The Labute approximate surface area is 167 Å². The molecule has 4 N–H and O–H groups in total. The molecule has 28 heavy (non-hydrogen) atoms. The van der Waals surface area contributed by atoms with Crippen LogP contribution in [0.5, 0.6) is 0 Å². The van der Waals surface area contributed by atoms with Gasteiger partial charge < -0.3 is 16.4 Å². The first-order valence-electron chi connectivity index (χ1n) is 9.64. The summed E-state index contributed by atoms with van der Waals surface area (Å²) in [5.41, 5.74) is 12.6. The molecule has 3 rings (SSSR count). The second kappa shape index (κ2) is 12.6. The Hall–Kier alpha value is -2.73. The van der Waals surface area contributed by atoms with Crippen LogP contribution in [0.3, 0.4) is 0 Å². The molecule has 2 heterocycles. The third-order valence-electron chi connectivity index (χ3n) is 3.76. The van der Waals surface area contributed by atoms with E-state index in [1.807, 2.05) is 41.3 Å². The zero-order valence-electron chi connectivity index (χ0n) is 17.1. The molecule has 0 aliphatic carbocycles. The van der Waals surface area contributed by atoms with Gasteiger partial charge in [-0.1, -0.05) is 57.2 Å². The number of pyridine rings is 1. The molecule has 0 spiro atoms. The second-order valence-electron chi connectivity index (χ2n) is 7.19. The molecule has 0 saturated carbocycles. The molecule has 1 fully saturated rings. The first kappa shape index (κ1) is 23.3. The number of benzene rings is 1. The van der Waals surface area contributed by atoms with E-state index in [1.54, 1.807) is 12.3 Å². The Morgan fingerprint density at radius 1 is 1.00 bits per heavy atom. The van der Waals surface area contributed by atoms with Gasteiger partial charge in [-0.15, -0.1) is 0 Å². The minimum atomic E-state index is -0.505. The van der Waals surface area contributed by atoms with Crippen molar-refractivity contribution in [3.63, 3.8) is 0 Å². The lowest BCUT2D eigenvalue weighted by atomic mass is 10.1. The lowest BCUT2D eigenvalue weighted by Gasteiger charge is -2.12. The quantitative estimate of drug-likeness (QED) is 0.849. The van der Waals surface area contributed by atoms with Crippen LogP contribution in [0.4, 0.5) is 0 Å². The Balaban J connectivity index is 0.000000256. The third-order valence-corrected chi connectivity index (χ3v) is 3.76. The maximum atomic E-state index is 10.8. The van der Waals surface area contributed by atoms with Crippen molar-refractivity contribution < 1.29 is 9.59 Å². The van der Waals surface area contributed by atoms with Crippen LogP contribution in [0.1, 0.15) is 44.1 Å². The van der Waals surface area contributed by atoms with E-state index in [2.05, 4.69) is 25.8 Å². The standard InChI is InChI=1S/C12H10N2O.C6H12N2O.C4H10/c13-12(15)11-7-6-10(8-14-11)9-4-2-1-3-5-9;7-5-6(9)8-3-1-2-4-8;1-4(2)3/h1-8H,(H2,13,15);1-5,7H2;4H,1-3H3. The van der Waals surface area contributed by atoms with Crippen molar-refractivity contribution in [3.05, 3.63) is 54.4 Å². The summed E-state index contributed by atoms with van der Waals surface area (Å²) in [5.74, 6) is 0.419. The number of nitrogens with two attached hydrogens (primary N) is 2. The third kappa shape index (κ3) is 8.77. The van der Waals surface area contributed by atoms with Gasteiger partial charge in [-0.05, 0) is 30.4 Å². The van der Waals surface area contributed by atoms with E-state index in [0.717, 1.165) is 43.0 Å². The summed E-state index contributed by atoms with van der Waals surface area (Å²) >= 11 is 0. The molecule has 2 aromatic rings. The lowest BCUT2D eigenvalue weighted by Crippen LogP contribution is -2.33. The van der Waals surface area contributed by atoms with Crippen LogP contribution >= 0.6 is 0 Å². The molecule has 6 heteroatoms. The summed E-state index contributed by atoms with van der Waals surface area (Å²) in [5, 5.41) is 0. The molecule has 1 aliphatic rings. The van der Waals surface area contributed by atoms with Crippen molar-refractivity contribution >= 4 is 11.8 Å². The highest BCUT2D eigenvalue weighted by atomic mass is 16.2. The SMILES string of the molecule is CC(C)C.NC(=O)c1ccc(-c2ccccc2)cn1.NCC(=O)N1CCCC1. The zero-order valence-corrected chi connectivity index (χ0v) is 17.1. The average molecular weight is 385 g/mol. The molecule has 1 aliphatic heterocycles. The van der Waals surface area contributed by atoms with Gasteiger partial charge >= 0.3 is 0 Å². The van der Waals surface area contributed by atoms with E-state index in [1.165, 1.54) is 0 Å². The summed E-state index contributed by atoms with van der Waals surface area (Å²) in [4.78, 5) is 27.4. The van der Waals surface area contributed by atoms with Crippen LogP contribution in [0, 0.1) is 5.92 Å². The van der Waals surface area contributed by atoms with Gasteiger partial charge in [-0.3, -0.25) is 14.6 Å². The summed E-state index contributed by atoms with van der Waals surface area (Å²) in [7, 11) is 0. The molecule has 0 unspecified atom stereocenters. The average Bonchev–Trinajstić information content (AvgIpc) is 3.23. The highest BCUT2D eigenvalue weighted by molar-refractivity contribution is 5.91. The number of likely N-dealkylation sites (tertiary alicyclic amines) is 1. The molecular weight excluding hydrogens is 352 g/mol. The topological polar surface area (TPSA) is 102 Å². The summed E-state index contributed by atoms with van der Waals surface area (Å²) in [6.45, 7) is 8.49. The molecule has 6 nitrogen and oxygen atoms in total. The van der Waals surface area contributed by atoms with E-state index >= 15 is 0 Å². The van der Waals surface area contributed by atoms with Crippen molar-refractivity contribution in [2.24, 2.45) is 17.4 Å². The number of hydrogen-bond acceptors (Lipinski definition) is 4. The van der Waals surface area contributed by atoms with Crippen molar-refractivity contribution in [2.75, 3.05) is 19.6 Å². The minimum absolute atomic E-state index is 0.0903. The number of nitrogens with zero attached hydrogens (tertiary/aromatic N) is 2. The van der Waals surface area contributed by atoms with Crippen LogP contribution in [0.25, 0.3) is 11.1 Å². The van der Waals surface area contributed by atoms with Gasteiger partial charge in [-0.25, -0.2) is 0 Å². The predicted octanol–water partition coefficient (Wildman–Crippen LogP) is 3.08. The molecule has 0 atom stereocenters.